The second-order valence-electron chi connectivity index (χ2n) is 3.77. The first kappa shape index (κ1) is 11.2. The predicted octanol–water partition coefficient (Wildman–Crippen LogP) is 0.554. The Morgan fingerprint density at radius 1 is 1.50 bits per heavy atom. The third kappa shape index (κ3) is 3.47. The van der Waals surface area contributed by atoms with Crippen LogP contribution in [0.2, 0.25) is 0 Å². The molecule has 0 aliphatic heterocycles. The van der Waals surface area contributed by atoms with Gasteiger partial charge in [0.15, 0.2) is 0 Å². The highest BCUT2D eigenvalue weighted by atomic mass is 15.1. The van der Waals surface area contributed by atoms with E-state index in [1.54, 1.807) is 0 Å². The van der Waals surface area contributed by atoms with Crippen molar-refractivity contribution in [3.8, 4) is 0 Å². The monoisotopic (exact) mass is 196 g/mol. The first-order chi connectivity index (χ1) is 6.74. The Morgan fingerprint density at radius 3 is 2.93 bits per heavy atom. The van der Waals surface area contributed by atoms with Crippen LogP contribution in [-0.4, -0.2) is 42.1 Å². The molecule has 0 aliphatic rings. The molecule has 1 aromatic rings. The van der Waals surface area contributed by atoms with Crippen molar-refractivity contribution in [1.29, 1.82) is 0 Å². The lowest BCUT2D eigenvalue weighted by molar-refractivity contribution is 0.384. The summed E-state index contributed by atoms with van der Waals surface area (Å²) in [6.45, 7) is 3.06. The number of aromatic nitrogens is 2. The van der Waals surface area contributed by atoms with Gasteiger partial charge in [-0.05, 0) is 34.1 Å². The predicted molar refractivity (Wildman–Crippen MR) is 58.2 cm³/mol. The first-order valence-electron chi connectivity index (χ1n) is 5.02. The molecule has 0 fully saturated rings. The van der Waals surface area contributed by atoms with E-state index in [0.29, 0.717) is 0 Å². The molecule has 14 heavy (non-hydrogen) atoms. The Hall–Kier alpha value is -0.870. The number of hydrogen-bond donors (Lipinski definition) is 1. The molecule has 0 radical (unpaired) electrons. The SMILES string of the molecule is CNCc1cncn1CCCN(C)C. The minimum atomic E-state index is 0.891. The van der Waals surface area contributed by atoms with Crippen LogP contribution < -0.4 is 5.32 Å². The zero-order valence-electron chi connectivity index (χ0n) is 9.32. The largest absolute Gasteiger partial charge is 0.333 e. The van der Waals surface area contributed by atoms with Crippen LogP contribution in [0.4, 0.5) is 0 Å². The summed E-state index contributed by atoms with van der Waals surface area (Å²) >= 11 is 0. The summed E-state index contributed by atoms with van der Waals surface area (Å²) in [5, 5.41) is 3.14. The van der Waals surface area contributed by atoms with Gasteiger partial charge in [0.2, 0.25) is 0 Å². The van der Waals surface area contributed by atoms with E-state index in [9.17, 15) is 0 Å². The lowest BCUT2D eigenvalue weighted by Gasteiger charge is -2.11. The molecule has 1 aromatic heterocycles. The zero-order chi connectivity index (χ0) is 10.4. The highest BCUT2D eigenvalue weighted by molar-refractivity contribution is 4.97. The van der Waals surface area contributed by atoms with Crippen molar-refractivity contribution >= 4 is 0 Å². The van der Waals surface area contributed by atoms with Crippen molar-refractivity contribution in [1.82, 2.24) is 19.8 Å². The van der Waals surface area contributed by atoms with E-state index in [-0.39, 0.29) is 0 Å². The lowest BCUT2D eigenvalue weighted by Crippen LogP contribution is -2.16. The van der Waals surface area contributed by atoms with E-state index >= 15 is 0 Å². The van der Waals surface area contributed by atoms with Gasteiger partial charge in [0.1, 0.15) is 0 Å². The second kappa shape index (κ2) is 5.78. The molecule has 0 bridgehead atoms. The smallest absolute Gasteiger partial charge is 0.0948 e. The third-order valence-corrected chi connectivity index (χ3v) is 2.16. The fourth-order valence-corrected chi connectivity index (χ4v) is 1.44. The molecule has 1 heterocycles. The van der Waals surface area contributed by atoms with E-state index in [2.05, 4.69) is 33.9 Å². The summed E-state index contributed by atoms with van der Waals surface area (Å²) in [6.07, 6.45) is 4.99. The average Bonchev–Trinajstić information content (AvgIpc) is 2.53. The number of nitrogens with zero attached hydrogens (tertiary/aromatic N) is 3. The number of nitrogens with one attached hydrogen (secondary N) is 1. The molecule has 0 spiro atoms. The molecule has 4 heteroatoms. The van der Waals surface area contributed by atoms with Gasteiger partial charge >= 0.3 is 0 Å². The maximum Gasteiger partial charge on any atom is 0.0948 e. The minimum Gasteiger partial charge on any atom is -0.333 e. The fourth-order valence-electron chi connectivity index (χ4n) is 1.44. The Bertz CT molecular complexity index is 254. The second-order valence-corrected chi connectivity index (χ2v) is 3.77. The quantitative estimate of drug-likeness (QED) is 0.721. The van der Waals surface area contributed by atoms with Crippen LogP contribution in [0.25, 0.3) is 0 Å². The molecule has 0 atom stereocenters. The molecule has 0 unspecified atom stereocenters. The maximum atomic E-state index is 4.15. The number of rotatable bonds is 6. The van der Waals surface area contributed by atoms with Crippen molar-refractivity contribution < 1.29 is 0 Å². The van der Waals surface area contributed by atoms with Gasteiger partial charge < -0.3 is 14.8 Å². The molecular formula is C10H20N4. The van der Waals surface area contributed by atoms with Crippen LogP contribution in [0.3, 0.4) is 0 Å². The van der Waals surface area contributed by atoms with Gasteiger partial charge in [0.25, 0.3) is 0 Å². The lowest BCUT2D eigenvalue weighted by atomic mass is 10.3. The van der Waals surface area contributed by atoms with Gasteiger partial charge in [0, 0.05) is 19.3 Å². The van der Waals surface area contributed by atoms with Gasteiger partial charge in [-0.2, -0.15) is 0 Å². The number of aryl methyl sites for hydroxylation is 1. The summed E-state index contributed by atoms with van der Waals surface area (Å²) in [5.74, 6) is 0. The topological polar surface area (TPSA) is 33.1 Å². The molecule has 0 aromatic carbocycles. The minimum absolute atomic E-state index is 0.891. The van der Waals surface area contributed by atoms with Crippen LogP contribution in [0.1, 0.15) is 12.1 Å². The van der Waals surface area contributed by atoms with E-state index in [4.69, 9.17) is 0 Å². The molecule has 80 valence electrons. The Kier molecular flexibility index (Phi) is 4.62. The third-order valence-electron chi connectivity index (χ3n) is 2.16. The zero-order valence-corrected chi connectivity index (χ0v) is 9.32. The normalized spacial score (nSPS) is 11.1. The standard InChI is InChI=1S/C10H20N4/c1-11-7-10-8-12-9-14(10)6-4-5-13(2)3/h8-9,11H,4-7H2,1-3H3. The average molecular weight is 196 g/mol. The van der Waals surface area contributed by atoms with Crippen molar-refractivity contribution in [2.75, 3.05) is 27.7 Å². The van der Waals surface area contributed by atoms with Gasteiger partial charge in [-0.1, -0.05) is 0 Å². The summed E-state index contributed by atoms with van der Waals surface area (Å²) < 4.78 is 2.21. The van der Waals surface area contributed by atoms with Crippen LogP contribution in [-0.2, 0) is 13.1 Å². The van der Waals surface area contributed by atoms with Crippen LogP contribution in [0.15, 0.2) is 12.5 Å². The molecule has 0 amide bonds. The van der Waals surface area contributed by atoms with Crippen LogP contribution in [0, 0.1) is 0 Å². The maximum absolute atomic E-state index is 4.15. The number of hydrogen-bond acceptors (Lipinski definition) is 3. The molecule has 0 aliphatic carbocycles. The number of imidazole rings is 1. The highest BCUT2D eigenvalue weighted by Crippen LogP contribution is 2.00. The summed E-state index contributed by atoms with van der Waals surface area (Å²) in [5.41, 5.74) is 1.26. The van der Waals surface area contributed by atoms with Crippen molar-refractivity contribution in [2.24, 2.45) is 0 Å². The molecule has 1 rings (SSSR count). The van der Waals surface area contributed by atoms with Gasteiger partial charge in [-0.25, -0.2) is 4.98 Å². The van der Waals surface area contributed by atoms with E-state index in [0.717, 1.165) is 19.6 Å². The van der Waals surface area contributed by atoms with E-state index < -0.39 is 0 Å². The summed E-state index contributed by atoms with van der Waals surface area (Å²) in [7, 11) is 6.15. The van der Waals surface area contributed by atoms with E-state index in [1.807, 2.05) is 19.6 Å². The fraction of sp³-hybridized carbons (Fsp3) is 0.700. The van der Waals surface area contributed by atoms with E-state index in [1.165, 1.54) is 12.1 Å². The van der Waals surface area contributed by atoms with Gasteiger partial charge in [-0.15, -0.1) is 0 Å². The Morgan fingerprint density at radius 2 is 2.29 bits per heavy atom. The van der Waals surface area contributed by atoms with Crippen molar-refractivity contribution in [2.45, 2.75) is 19.5 Å². The molecule has 1 N–H and O–H groups in total. The Balaban J connectivity index is 2.37. The summed E-state index contributed by atoms with van der Waals surface area (Å²) in [4.78, 5) is 6.35. The van der Waals surface area contributed by atoms with Gasteiger partial charge in [-0.3, -0.25) is 0 Å². The molecule has 4 nitrogen and oxygen atoms in total. The van der Waals surface area contributed by atoms with Crippen molar-refractivity contribution in [3.63, 3.8) is 0 Å². The first-order valence-corrected chi connectivity index (χ1v) is 5.02. The van der Waals surface area contributed by atoms with Crippen molar-refractivity contribution in [3.05, 3.63) is 18.2 Å². The van der Waals surface area contributed by atoms with Crippen LogP contribution >= 0.6 is 0 Å². The Labute approximate surface area is 85.9 Å². The molecular weight excluding hydrogens is 176 g/mol. The molecule has 0 saturated carbocycles. The van der Waals surface area contributed by atoms with Gasteiger partial charge in [0.05, 0.1) is 12.0 Å². The summed E-state index contributed by atoms with van der Waals surface area (Å²) in [6, 6.07) is 0. The molecule has 0 saturated heterocycles. The van der Waals surface area contributed by atoms with Crippen LogP contribution in [0.5, 0.6) is 0 Å². The highest BCUT2D eigenvalue weighted by Gasteiger charge is 2.00.